The van der Waals surface area contributed by atoms with E-state index in [0.717, 1.165) is 29.6 Å². The summed E-state index contributed by atoms with van der Waals surface area (Å²) >= 11 is 0. The van der Waals surface area contributed by atoms with E-state index in [-0.39, 0.29) is 5.91 Å². The highest BCUT2D eigenvalue weighted by atomic mass is 16.1. The van der Waals surface area contributed by atoms with Crippen LogP contribution >= 0.6 is 0 Å². The maximum atomic E-state index is 12.5. The predicted molar refractivity (Wildman–Crippen MR) is 110 cm³/mol. The van der Waals surface area contributed by atoms with Gasteiger partial charge in [-0.05, 0) is 81.4 Å². The molecule has 4 aliphatic heterocycles. The largest absolute Gasteiger partial charge is 0.378 e. The van der Waals surface area contributed by atoms with Gasteiger partial charge in [0, 0.05) is 51.0 Å². The summed E-state index contributed by atoms with van der Waals surface area (Å²) in [5.74, 6) is 1.73. The van der Waals surface area contributed by atoms with Crippen LogP contribution in [-0.4, -0.2) is 75.1 Å². The third-order valence-corrected chi connectivity index (χ3v) is 6.85. The molecule has 1 N–H and O–H groups in total. The molecule has 4 aliphatic rings. The van der Waals surface area contributed by atoms with E-state index < -0.39 is 0 Å². The molecule has 0 aromatic heterocycles. The molecule has 4 heterocycles. The van der Waals surface area contributed by atoms with E-state index in [9.17, 15) is 4.79 Å². The quantitative estimate of drug-likeness (QED) is 0.834. The van der Waals surface area contributed by atoms with Gasteiger partial charge < -0.3 is 15.1 Å². The zero-order chi connectivity index (χ0) is 18.8. The highest BCUT2D eigenvalue weighted by Gasteiger charge is 2.40. The van der Waals surface area contributed by atoms with Crippen LogP contribution in [0.2, 0.25) is 0 Å². The maximum absolute atomic E-state index is 12.5. The Labute approximate surface area is 163 Å². The van der Waals surface area contributed by atoms with Crippen molar-refractivity contribution in [2.75, 3.05) is 58.3 Å². The Hall–Kier alpha value is -1.59. The lowest BCUT2D eigenvalue weighted by Crippen LogP contribution is -2.58. The number of nitrogens with zero attached hydrogens (tertiary/aromatic N) is 3. The minimum absolute atomic E-state index is 0.0524. The number of nitrogens with one attached hydrogen (secondary N) is 1. The highest BCUT2D eigenvalue weighted by Crippen LogP contribution is 2.36. The van der Waals surface area contributed by atoms with Gasteiger partial charge in [0.15, 0.2) is 0 Å². The first-order chi connectivity index (χ1) is 13.1. The second-order valence-corrected chi connectivity index (χ2v) is 8.85. The number of piperidine rings is 3. The van der Waals surface area contributed by atoms with E-state index in [1.807, 2.05) is 43.3 Å². The van der Waals surface area contributed by atoms with Crippen molar-refractivity contribution in [1.29, 1.82) is 0 Å². The summed E-state index contributed by atoms with van der Waals surface area (Å²) in [7, 11) is 4.03. The minimum Gasteiger partial charge on any atom is -0.378 e. The Balaban J connectivity index is 1.27. The monoisotopic (exact) mass is 370 g/mol. The number of hydrogen-bond acceptors (Lipinski definition) is 4. The number of benzene rings is 1. The second-order valence-electron chi connectivity index (χ2n) is 8.85. The summed E-state index contributed by atoms with van der Waals surface area (Å²) in [5, 5.41) is 3.19. The number of rotatable bonds is 6. The van der Waals surface area contributed by atoms with Crippen molar-refractivity contribution in [3.8, 4) is 0 Å². The van der Waals surface area contributed by atoms with Gasteiger partial charge in [-0.2, -0.15) is 0 Å². The maximum Gasteiger partial charge on any atom is 0.251 e. The Morgan fingerprint density at radius 2 is 1.89 bits per heavy atom. The van der Waals surface area contributed by atoms with Crippen molar-refractivity contribution in [3.05, 3.63) is 29.8 Å². The van der Waals surface area contributed by atoms with Gasteiger partial charge >= 0.3 is 0 Å². The van der Waals surface area contributed by atoms with E-state index >= 15 is 0 Å². The zero-order valence-corrected chi connectivity index (χ0v) is 16.9. The first kappa shape index (κ1) is 18.8. The first-order valence-corrected chi connectivity index (χ1v) is 10.6. The fourth-order valence-electron chi connectivity index (χ4n) is 5.19. The first-order valence-electron chi connectivity index (χ1n) is 10.6. The molecule has 27 heavy (non-hydrogen) atoms. The SMILES string of the molecule is CN(C)c1ccc(C(=O)NC[C@@H]2C[C@H]3CCN2C[C@@H]3CN2CCCC2)cc1. The lowest BCUT2D eigenvalue weighted by molar-refractivity contribution is -0.00904. The van der Waals surface area contributed by atoms with Crippen LogP contribution < -0.4 is 10.2 Å². The average Bonchev–Trinajstić information content (AvgIpc) is 3.20. The summed E-state index contributed by atoms with van der Waals surface area (Å²) in [6.45, 7) is 7.10. The van der Waals surface area contributed by atoms with Gasteiger partial charge in [-0.3, -0.25) is 9.69 Å². The zero-order valence-electron chi connectivity index (χ0n) is 16.9. The van der Waals surface area contributed by atoms with Gasteiger partial charge in [-0.1, -0.05) is 0 Å². The third kappa shape index (κ3) is 4.30. The predicted octanol–water partition coefficient (Wildman–Crippen LogP) is 2.29. The Morgan fingerprint density at radius 1 is 1.15 bits per heavy atom. The number of carbonyl (C=O) groups is 1. The van der Waals surface area contributed by atoms with Gasteiger partial charge in [-0.25, -0.2) is 0 Å². The summed E-state index contributed by atoms with van der Waals surface area (Å²) in [6, 6.07) is 8.37. The Morgan fingerprint density at radius 3 is 2.52 bits per heavy atom. The van der Waals surface area contributed by atoms with E-state index in [0.29, 0.717) is 6.04 Å². The standard InChI is InChI=1S/C22H34N4O/c1-24(2)20-7-5-17(6-8-20)22(27)23-14-21-13-18-9-12-26(21)16-19(18)15-25-10-3-4-11-25/h5-8,18-19,21H,3-4,9-16H2,1-2H3,(H,23,27)/t18-,19+,21+/m1/s1. The molecule has 4 atom stereocenters. The molecule has 1 aromatic rings. The molecule has 2 bridgehead atoms. The fourth-order valence-corrected chi connectivity index (χ4v) is 5.19. The third-order valence-electron chi connectivity index (χ3n) is 6.85. The van der Waals surface area contributed by atoms with Gasteiger partial charge in [-0.15, -0.1) is 0 Å². The highest BCUT2D eigenvalue weighted by molar-refractivity contribution is 5.94. The van der Waals surface area contributed by atoms with Gasteiger partial charge in [0.05, 0.1) is 0 Å². The molecule has 0 saturated carbocycles. The topological polar surface area (TPSA) is 38.8 Å². The van der Waals surface area contributed by atoms with Crippen LogP contribution in [0.3, 0.4) is 0 Å². The van der Waals surface area contributed by atoms with Gasteiger partial charge in [0.1, 0.15) is 0 Å². The van der Waals surface area contributed by atoms with Crippen molar-refractivity contribution >= 4 is 11.6 Å². The molecule has 4 saturated heterocycles. The van der Waals surface area contributed by atoms with Crippen LogP contribution in [0.1, 0.15) is 36.0 Å². The van der Waals surface area contributed by atoms with Crippen molar-refractivity contribution in [2.24, 2.45) is 11.8 Å². The molecule has 1 unspecified atom stereocenters. The summed E-state index contributed by atoms with van der Waals surface area (Å²) < 4.78 is 0. The normalized spacial score (nSPS) is 30.4. The molecule has 1 amide bonds. The van der Waals surface area contributed by atoms with Gasteiger partial charge in [0.2, 0.25) is 0 Å². The number of hydrogen-bond donors (Lipinski definition) is 1. The molecule has 0 aliphatic carbocycles. The Kier molecular flexibility index (Phi) is 5.69. The fraction of sp³-hybridized carbons (Fsp3) is 0.682. The molecule has 0 spiro atoms. The minimum atomic E-state index is 0.0524. The Bertz CT molecular complexity index is 638. The second kappa shape index (κ2) is 8.19. The van der Waals surface area contributed by atoms with Crippen molar-refractivity contribution in [3.63, 3.8) is 0 Å². The van der Waals surface area contributed by atoms with E-state index in [2.05, 4.69) is 15.1 Å². The number of carbonyl (C=O) groups excluding carboxylic acids is 1. The molecular formula is C22H34N4O. The molecule has 4 fully saturated rings. The van der Waals surface area contributed by atoms with E-state index in [1.165, 1.54) is 58.4 Å². The number of fused-ring (bicyclic) bond motifs is 3. The van der Waals surface area contributed by atoms with Crippen molar-refractivity contribution < 1.29 is 4.79 Å². The smallest absolute Gasteiger partial charge is 0.251 e. The summed E-state index contributed by atoms with van der Waals surface area (Å²) in [4.78, 5) is 19.9. The molecule has 0 radical (unpaired) electrons. The van der Waals surface area contributed by atoms with Gasteiger partial charge in [0.25, 0.3) is 5.91 Å². The molecule has 1 aromatic carbocycles. The summed E-state index contributed by atoms with van der Waals surface area (Å²) in [6.07, 6.45) is 5.35. The lowest BCUT2D eigenvalue weighted by atomic mass is 9.75. The van der Waals surface area contributed by atoms with Crippen LogP contribution in [-0.2, 0) is 0 Å². The molecule has 148 valence electrons. The average molecular weight is 371 g/mol. The van der Waals surface area contributed by atoms with E-state index in [1.54, 1.807) is 0 Å². The van der Waals surface area contributed by atoms with Crippen LogP contribution in [0.5, 0.6) is 0 Å². The molecule has 5 rings (SSSR count). The van der Waals surface area contributed by atoms with Crippen LogP contribution in [0, 0.1) is 11.8 Å². The number of anilines is 1. The van der Waals surface area contributed by atoms with E-state index in [4.69, 9.17) is 0 Å². The number of amides is 1. The van der Waals surface area contributed by atoms with Crippen LogP contribution in [0.4, 0.5) is 5.69 Å². The summed E-state index contributed by atoms with van der Waals surface area (Å²) in [5.41, 5.74) is 1.87. The molecule has 5 heteroatoms. The van der Waals surface area contributed by atoms with Crippen LogP contribution in [0.15, 0.2) is 24.3 Å². The van der Waals surface area contributed by atoms with Crippen LogP contribution in [0.25, 0.3) is 0 Å². The number of likely N-dealkylation sites (tertiary alicyclic amines) is 1. The molecule has 5 nitrogen and oxygen atoms in total. The van der Waals surface area contributed by atoms with Crippen molar-refractivity contribution in [1.82, 2.24) is 15.1 Å². The van der Waals surface area contributed by atoms with Crippen molar-refractivity contribution in [2.45, 2.75) is 31.7 Å². The lowest BCUT2D eigenvalue weighted by Gasteiger charge is -2.50. The molecular weight excluding hydrogens is 336 g/mol.